The van der Waals surface area contributed by atoms with Crippen molar-refractivity contribution >= 4 is 22.5 Å². The number of benzene rings is 1. The van der Waals surface area contributed by atoms with Crippen LogP contribution in [0.15, 0.2) is 47.2 Å². The van der Waals surface area contributed by atoms with E-state index in [2.05, 4.69) is 27.7 Å². The first-order chi connectivity index (χ1) is 21.0. The molecule has 1 amide bonds. The third-order valence-corrected chi connectivity index (χ3v) is 8.61. The van der Waals surface area contributed by atoms with Gasteiger partial charge in [-0.05, 0) is 57.5 Å². The quantitative estimate of drug-likeness (QED) is 0.270. The molecule has 2 fully saturated rings. The third-order valence-electron chi connectivity index (χ3n) is 8.61. The molecule has 5 heterocycles. The van der Waals surface area contributed by atoms with Crippen LogP contribution in [0.3, 0.4) is 0 Å². The number of hydrogen-bond acceptors (Lipinski definition) is 7. The number of carbonyl (C=O) groups excluding carboxylic acids is 1. The van der Waals surface area contributed by atoms with Gasteiger partial charge in [-0.3, -0.25) is 4.79 Å². The molecule has 0 saturated carbocycles. The molecule has 0 bridgehead atoms. The van der Waals surface area contributed by atoms with Crippen LogP contribution in [-0.4, -0.2) is 81.8 Å². The van der Waals surface area contributed by atoms with E-state index in [9.17, 15) is 22.4 Å². The van der Waals surface area contributed by atoms with Crippen LogP contribution < -0.4 is 10.6 Å². The molecule has 0 spiro atoms. The van der Waals surface area contributed by atoms with Crippen molar-refractivity contribution in [2.45, 2.75) is 63.2 Å². The van der Waals surface area contributed by atoms with Crippen molar-refractivity contribution in [2.75, 3.05) is 38.7 Å². The average Bonchev–Trinajstić information content (AvgIpc) is 3.73. The topological polar surface area (TPSA) is 102 Å². The number of rotatable bonds is 8. The Bertz CT molecular complexity index is 1620. The summed E-state index contributed by atoms with van der Waals surface area (Å²) in [6.07, 6.45) is 0.240. The fraction of sp³-hybridized carbons (Fsp3) is 0.500. The average molecular weight is 618 g/mol. The SMILES string of the molecule is CN1CC[C@@H](Nc2cccc3c2cc(-c2noc(CNC(=O)c4ccn(C5(C)CCOCC5)c4)n2)n3CC(F)(F)F)[C@@H](F)C1. The lowest BCUT2D eigenvalue weighted by atomic mass is 9.92. The molecule has 0 unspecified atom stereocenters. The molecule has 44 heavy (non-hydrogen) atoms. The normalized spacial score (nSPS) is 21.0. The summed E-state index contributed by atoms with van der Waals surface area (Å²) in [5, 5.41) is 10.4. The van der Waals surface area contributed by atoms with Crippen LogP contribution in [0, 0.1) is 0 Å². The first kappa shape index (κ1) is 30.1. The highest BCUT2D eigenvalue weighted by Gasteiger charge is 2.33. The number of amides is 1. The molecule has 3 aromatic heterocycles. The molecule has 2 saturated heterocycles. The van der Waals surface area contributed by atoms with Gasteiger partial charge in [-0.2, -0.15) is 18.2 Å². The Kier molecular flexibility index (Phi) is 8.14. The fourth-order valence-electron chi connectivity index (χ4n) is 5.99. The van der Waals surface area contributed by atoms with Gasteiger partial charge >= 0.3 is 6.18 Å². The number of ether oxygens (including phenoxy) is 1. The zero-order valence-corrected chi connectivity index (χ0v) is 24.5. The molecule has 0 aliphatic carbocycles. The summed E-state index contributed by atoms with van der Waals surface area (Å²) in [5.74, 6) is -0.360. The number of nitrogens with one attached hydrogen (secondary N) is 2. The molecule has 236 valence electrons. The van der Waals surface area contributed by atoms with Gasteiger partial charge in [0.2, 0.25) is 11.7 Å². The van der Waals surface area contributed by atoms with E-state index in [-0.39, 0.29) is 41.9 Å². The second-order valence-corrected chi connectivity index (χ2v) is 11.9. The standard InChI is InChI=1S/C30H35F4N7O3/c1-29(8-12-43-13-9-29)40-11-6-19(16-40)28(42)35-15-26-37-27(38-44-26)25-14-20-22(36-23-7-10-39(2)17-21(23)31)4-3-5-24(20)41(25)18-30(32,33)34/h3-6,11,14,16,21,23,36H,7-10,12-13,15,17-18H2,1-2H3,(H,35,42)/t21-,23+/m0/s1. The first-order valence-corrected chi connectivity index (χ1v) is 14.6. The highest BCUT2D eigenvalue weighted by atomic mass is 19.4. The van der Waals surface area contributed by atoms with Gasteiger partial charge in [-0.1, -0.05) is 11.2 Å². The molecule has 4 aromatic rings. The fourth-order valence-corrected chi connectivity index (χ4v) is 5.99. The first-order valence-electron chi connectivity index (χ1n) is 14.6. The Morgan fingerprint density at radius 1 is 1.20 bits per heavy atom. The van der Waals surface area contributed by atoms with Gasteiger partial charge in [0.25, 0.3) is 5.91 Å². The van der Waals surface area contributed by atoms with Crippen LogP contribution in [0.5, 0.6) is 0 Å². The van der Waals surface area contributed by atoms with E-state index < -0.39 is 24.9 Å². The van der Waals surface area contributed by atoms with Crippen LogP contribution in [0.1, 0.15) is 42.4 Å². The van der Waals surface area contributed by atoms with Crippen molar-refractivity contribution in [1.29, 1.82) is 0 Å². The van der Waals surface area contributed by atoms with Gasteiger partial charge in [0, 0.05) is 55.3 Å². The van der Waals surface area contributed by atoms with E-state index in [1.807, 2.05) is 22.7 Å². The minimum Gasteiger partial charge on any atom is -0.381 e. The molecule has 10 nitrogen and oxygen atoms in total. The number of anilines is 1. The Hall–Kier alpha value is -3.91. The lowest BCUT2D eigenvalue weighted by Gasteiger charge is -2.35. The van der Waals surface area contributed by atoms with E-state index in [1.54, 1.807) is 36.5 Å². The Morgan fingerprint density at radius 2 is 2.00 bits per heavy atom. The van der Waals surface area contributed by atoms with Gasteiger partial charge < -0.3 is 33.9 Å². The molecule has 1 aromatic carbocycles. The summed E-state index contributed by atoms with van der Waals surface area (Å²) in [6.45, 7) is 3.03. The van der Waals surface area contributed by atoms with Crippen molar-refractivity contribution in [1.82, 2.24) is 29.5 Å². The molecule has 2 aliphatic rings. The second kappa shape index (κ2) is 11.9. The minimum atomic E-state index is -4.53. The Balaban J connectivity index is 1.21. The molecular formula is C30H35F4N7O3. The smallest absolute Gasteiger partial charge is 0.381 e. The molecule has 2 aliphatic heterocycles. The van der Waals surface area contributed by atoms with Crippen molar-refractivity contribution in [3.05, 3.63) is 54.2 Å². The van der Waals surface area contributed by atoms with Crippen LogP contribution in [0.2, 0.25) is 0 Å². The zero-order valence-electron chi connectivity index (χ0n) is 24.5. The maximum Gasteiger partial charge on any atom is 0.406 e. The minimum absolute atomic E-state index is 0.0398. The van der Waals surface area contributed by atoms with Gasteiger partial charge in [0.1, 0.15) is 12.7 Å². The number of nitrogens with zero attached hydrogens (tertiary/aromatic N) is 5. The zero-order chi connectivity index (χ0) is 31.1. The van der Waals surface area contributed by atoms with Crippen molar-refractivity contribution in [3.63, 3.8) is 0 Å². The Labute approximate surface area is 251 Å². The summed E-state index contributed by atoms with van der Waals surface area (Å²) < 4.78 is 69.8. The summed E-state index contributed by atoms with van der Waals surface area (Å²) in [6, 6.07) is 7.75. The second-order valence-electron chi connectivity index (χ2n) is 11.9. The van der Waals surface area contributed by atoms with Crippen LogP contribution in [0.4, 0.5) is 23.2 Å². The highest BCUT2D eigenvalue weighted by Crippen LogP contribution is 2.35. The predicted octanol–water partition coefficient (Wildman–Crippen LogP) is 4.96. The molecule has 0 radical (unpaired) electrons. The van der Waals surface area contributed by atoms with Gasteiger partial charge in [-0.25, -0.2) is 4.39 Å². The third kappa shape index (κ3) is 6.32. The summed E-state index contributed by atoms with van der Waals surface area (Å²) >= 11 is 0. The molecule has 2 atom stereocenters. The lowest BCUT2D eigenvalue weighted by Crippen LogP contribution is -2.46. The van der Waals surface area contributed by atoms with E-state index in [4.69, 9.17) is 9.26 Å². The van der Waals surface area contributed by atoms with Crippen LogP contribution in [0.25, 0.3) is 22.4 Å². The van der Waals surface area contributed by atoms with Gasteiger partial charge in [-0.15, -0.1) is 0 Å². The summed E-state index contributed by atoms with van der Waals surface area (Å²) in [7, 11) is 1.85. The number of halogens is 4. The Morgan fingerprint density at radius 3 is 2.75 bits per heavy atom. The van der Waals surface area contributed by atoms with Crippen LogP contribution >= 0.6 is 0 Å². The summed E-state index contributed by atoms with van der Waals surface area (Å²) in [5.41, 5.74) is 1.24. The molecule has 2 N–H and O–H groups in total. The van der Waals surface area contributed by atoms with E-state index in [0.717, 1.165) is 17.4 Å². The number of aromatic nitrogens is 4. The largest absolute Gasteiger partial charge is 0.406 e. The van der Waals surface area contributed by atoms with E-state index >= 15 is 0 Å². The maximum atomic E-state index is 14.8. The summed E-state index contributed by atoms with van der Waals surface area (Å²) in [4.78, 5) is 19.1. The monoisotopic (exact) mass is 617 g/mol. The van der Waals surface area contributed by atoms with Crippen molar-refractivity contribution in [2.24, 2.45) is 0 Å². The highest BCUT2D eigenvalue weighted by molar-refractivity contribution is 5.96. The van der Waals surface area contributed by atoms with E-state index in [0.29, 0.717) is 48.3 Å². The number of alkyl halides is 4. The molecule has 14 heteroatoms. The number of hydrogen-bond donors (Lipinski definition) is 2. The van der Waals surface area contributed by atoms with Crippen LogP contribution in [-0.2, 0) is 23.4 Å². The predicted molar refractivity (Wildman–Crippen MR) is 155 cm³/mol. The number of fused-ring (bicyclic) bond motifs is 1. The molecule has 6 rings (SSSR count). The lowest BCUT2D eigenvalue weighted by molar-refractivity contribution is -0.139. The van der Waals surface area contributed by atoms with E-state index in [1.165, 1.54) is 0 Å². The molecular weight excluding hydrogens is 582 g/mol. The number of carbonyl (C=O) groups is 1. The van der Waals surface area contributed by atoms with Crippen molar-refractivity contribution < 1.29 is 31.6 Å². The van der Waals surface area contributed by atoms with Gasteiger partial charge in [0.15, 0.2) is 0 Å². The van der Waals surface area contributed by atoms with Gasteiger partial charge in [0.05, 0.1) is 29.4 Å². The number of piperidine rings is 1. The van der Waals surface area contributed by atoms with Crippen molar-refractivity contribution in [3.8, 4) is 11.5 Å². The number of likely N-dealkylation sites (tertiary alicyclic amines) is 1. The maximum absolute atomic E-state index is 14.8.